The van der Waals surface area contributed by atoms with Crippen LogP contribution in [-0.4, -0.2) is 17.4 Å². The molecule has 0 aliphatic heterocycles. The summed E-state index contributed by atoms with van der Waals surface area (Å²) in [5, 5.41) is 8.69. The van der Waals surface area contributed by atoms with Crippen LogP contribution in [0.15, 0.2) is 0 Å². The predicted octanol–water partition coefficient (Wildman–Crippen LogP) is 1.75. The molecule has 0 unspecified atom stereocenters. The van der Waals surface area contributed by atoms with Gasteiger partial charge >= 0.3 is 0 Å². The molecule has 0 aromatic heterocycles. The first-order chi connectivity index (χ1) is 3.81. The minimum Gasteiger partial charge on any atom is -0.396 e. The van der Waals surface area contributed by atoms with Gasteiger partial charge in [-0.15, -0.1) is 0 Å². The fourth-order valence-electron chi connectivity index (χ4n) is 0.188. The van der Waals surface area contributed by atoms with E-state index in [9.17, 15) is 4.39 Å². The lowest BCUT2D eigenvalue weighted by molar-refractivity contribution is 0.00423. The molecule has 0 saturated carbocycles. The van der Waals surface area contributed by atoms with Crippen molar-refractivity contribution < 1.29 is 9.50 Å². The standard InChI is InChI=1S/C7H15FO/c1-6(2,5-9)7(3,4)8/h9H,5H2,1-4H3. The number of aliphatic hydroxyl groups is 1. The molecule has 0 aromatic carbocycles. The molecule has 0 heterocycles. The first-order valence-electron chi connectivity index (χ1n) is 3.11. The molecule has 0 bridgehead atoms. The van der Waals surface area contributed by atoms with Gasteiger partial charge in [0.25, 0.3) is 0 Å². The summed E-state index contributed by atoms with van der Waals surface area (Å²) in [6.07, 6.45) is 0. The van der Waals surface area contributed by atoms with E-state index in [1.165, 1.54) is 13.8 Å². The number of halogens is 1. The predicted molar refractivity (Wildman–Crippen MR) is 36.1 cm³/mol. The molecule has 0 saturated heterocycles. The van der Waals surface area contributed by atoms with Crippen molar-refractivity contribution in [3.05, 3.63) is 0 Å². The maximum absolute atomic E-state index is 13.0. The van der Waals surface area contributed by atoms with E-state index in [1.54, 1.807) is 13.8 Å². The van der Waals surface area contributed by atoms with Crippen LogP contribution in [0, 0.1) is 5.41 Å². The second-order valence-corrected chi connectivity index (χ2v) is 3.51. The molecule has 1 N–H and O–H groups in total. The summed E-state index contributed by atoms with van der Waals surface area (Å²) in [7, 11) is 0. The Morgan fingerprint density at radius 2 is 1.56 bits per heavy atom. The van der Waals surface area contributed by atoms with Gasteiger partial charge in [0.2, 0.25) is 0 Å². The molecular weight excluding hydrogens is 119 g/mol. The van der Waals surface area contributed by atoms with Crippen LogP contribution < -0.4 is 0 Å². The average Bonchev–Trinajstić information content (AvgIpc) is 1.64. The number of hydrogen-bond acceptors (Lipinski definition) is 1. The zero-order valence-corrected chi connectivity index (χ0v) is 6.53. The van der Waals surface area contributed by atoms with Crippen molar-refractivity contribution >= 4 is 0 Å². The minimum atomic E-state index is -1.30. The van der Waals surface area contributed by atoms with Crippen molar-refractivity contribution in [2.24, 2.45) is 5.41 Å². The van der Waals surface area contributed by atoms with Gasteiger partial charge in [-0.2, -0.15) is 0 Å². The van der Waals surface area contributed by atoms with Crippen LogP contribution in [0.2, 0.25) is 0 Å². The Balaban J connectivity index is 4.14. The van der Waals surface area contributed by atoms with Gasteiger partial charge in [-0.1, -0.05) is 13.8 Å². The maximum Gasteiger partial charge on any atom is 0.112 e. The summed E-state index contributed by atoms with van der Waals surface area (Å²) < 4.78 is 13.0. The Labute approximate surface area is 55.9 Å². The van der Waals surface area contributed by atoms with Crippen LogP contribution in [0.1, 0.15) is 27.7 Å². The molecule has 2 heteroatoms. The van der Waals surface area contributed by atoms with E-state index in [2.05, 4.69) is 0 Å². The van der Waals surface area contributed by atoms with E-state index < -0.39 is 11.1 Å². The first kappa shape index (κ1) is 8.89. The normalized spacial score (nSPS) is 14.0. The van der Waals surface area contributed by atoms with Crippen LogP contribution in [0.25, 0.3) is 0 Å². The Bertz CT molecular complexity index is 91.6. The summed E-state index contributed by atoms with van der Waals surface area (Å²) in [6.45, 7) is 6.24. The van der Waals surface area contributed by atoms with Crippen LogP contribution in [0.5, 0.6) is 0 Å². The third-order valence-corrected chi connectivity index (χ3v) is 2.00. The monoisotopic (exact) mass is 134 g/mol. The van der Waals surface area contributed by atoms with E-state index in [-0.39, 0.29) is 6.61 Å². The number of alkyl halides is 1. The highest BCUT2D eigenvalue weighted by atomic mass is 19.1. The summed E-state index contributed by atoms with van der Waals surface area (Å²) in [5.41, 5.74) is -1.94. The third-order valence-electron chi connectivity index (χ3n) is 2.00. The maximum atomic E-state index is 13.0. The van der Waals surface area contributed by atoms with Gasteiger partial charge in [0.15, 0.2) is 0 Å². The smallest absolute Gasteiger partial charge is 0.112 e. The summed E-state index contributed by atoms with van der Waals surface area (Å²) in [4.78, 5) is 0. The lowest BCUT2D eigenvalue weighted by Gasteiger charge is -2.32. The highest BCUT2D eigenvalue weighted by molar-refractivity contribution is 4.85. The molecule has 0 aliphatic carbocycles. The highest BCUT2D eigenvalue weighted by Crippen LogP contribution is 2.32. The van der Waals surface area contributed by atoms with Crippen LogP contribution in [0.4, 0.5) is 4.39 Å². The van der Waals surface area contributed by atoms with Gasteiger partial charge in [0.05, 0.1) is 6.61 Å². The van der Waals surface area contributed by atoms with E-state index in [4.69, 9.17) is 5.11 Å². The molecule has 0 aromatic rings. The van der Waals surface area contributed by atoms with Crippen molar-refractivity contribution in [3.63, 3.8) is 0 Å². The molecule has 0 spiro atoms. The van der Waals surface area contributed by atoms with Gasteiger partial charge in [-0.05, 0) is 13.8 Å². The number of hydrogen-bond donors (Lipinski definition) is 1. The lowest BCUT2D eigenvalue weighted by atomic mass is 9.80. The number of rotatable bonds is 2. The Kier molecular flexibility index (Phi) is 2.23. The summed E-state index contributed by atoms with van der Waals surface area (Å²) >= 11 is 0. The van der Waals surface area contributed by atoms with Crippen LogP contribution in [0.3, 0.4) is 0 Å². The molecule has 1 nitrogen and oxygen atoms in total. The molecule has 0 radical (unpaired) electrons. The second-order valence-electron chi connectivity index (χ2n) is 3.51. The summed E-state index contributed by atoms with van der Waals surface area (Å²) in [5.74, 6) is 0. The Morgan fingerprint density at radius 3 is 1.56 bits per heavy atom. The van der Waals surface area contributed by atoms with Crippen molar-refractivity contribution in [3.8, 4) is 0 Å². The van der Waals surface area contributed by atoms with E-state index >= 15 is 0 Å². The topological polar surface area (TPSA) is 20.2 Å². The van der Waals surface area contributed by atoms with Crippen molar-refractivity contribution in [1.29, 1.82) is 0 Å². The van der Waals surface area contributed by atoms with Crippen molar-refractivity contribution in [2.45, 2.75) is 33.4 Å². The van der Waals surface area contributed by atoms with Crippen molar-refractivity contribution in [1.82, 2.24) is 0 Å². The number of aliphatic hydroxyl groups excluding tert-OH is 1. The highest BCUT2D eigenvalue weighted by Gasteiger charge is 2.36. The molecule has 0 rings (SSSR count). The lowest BCUT2D eigenvalue weighted by Crippen LogP contribution is -2.37. The van der Waals surface area contributed by atoms with Gasteiger partial charge in [0, 0.05) is 5.41 Å². The molecule has 0 fully saturated rings. The van der Waals surface area contributed by atoms with Gasteiger partial charge in [0.1, 0.15) is 5.67 Å². The largest absolute Gasteiger partial charge is 0.396 e. The molecule has 0 atom stereocenters. The molecule has 56 valence electrons. The van der Waals surface area contributed by atoms with Crippen LogP contribution >= 0.6 is 0 Å². The SMILES string of the molecule is CC(C)(F)C(C)(C)CO. The Hall–Kier alpha value is -0.110. The molecule has 9 heavy (non-hydrogen) atoms. The van der Waals surface area contributed by atoms with Gasteiger partial charge in [-0.25, -0.2) is 4.39 Å². The van der Waals surface area contributed by atoms with Crippen molar-refractivity contribution in [2.75, 3.05) is 6.61 Å². The minimum absolute atomic E-state index is 0.115. The van der Waals surface area contributed by atoms with E-state index in [0.717, 1.165) is 0 Å². The molecular formula is C7H15FO. The zero-order chi connectivity index (χ0) is 7.71. The van der Waals surface area contributed by atoms with Gasteiger partial charge < -0.3 is 5.11 Å². The zero-order valence-electron chi connectivity index (χ0n) is 6.53. The summed E-state index contributed by atoms with van der Waals surface area (Å²) in [6, 6.07) is 0. The van der Waals surface area contributed by atoms with Crippen LogP contribution in [-0.2, 0) is 0 Å². The second kappa shape index (κ2) is 2.25. The van der Waals surface area contributed by atoms with E-state index in [0.29, 0.717) is 0 Å². The third kappa shape index (κ3) is 1.94. The first-order valence-corrected chi connectivity index (χ1v) is 3.11. The Morgan fingerprint density at radius 1 is 1.22 bits per heavy atom. The fraction of sp³-hybridized carbons (Fsp3) is 1.00. The molecule has 0 aliphatic rings. The molecule has 0 amide bonds. The fourth-order valence-corrected chi connectivity index (χ4v) is 0.188. The average molecular weight is 134 g/mol. The van der Waals surface area contributed by atoms with Gasteiger partial charge in [-0.3, -0.25) is 0 Å². The quantitative estimate of drug-likeness (QED) is 0.610. The van der Waals surface area contributed by atoms with E-state index in [1.807, 2.05) is 0 Å².